The van der Waals surface area contributed by atoms with E-state index in [1.165, 1.54) is 18.3 Å². The average Bonchev–Trinajstić information content (AvgIpc) is 3.40. The number of para-hydroxylation sites is 1. The Labute approximate surface area is 198 Å². The van der Waals surface area contributed by atoms with Crippen LogP contribution in [0.15, 0.2) is 84.2 Å². The summed E-state index contributed by atoms with van der Waals surface area (Å²) in [4.78, 5) is 29.1. The highest BCUT2D eigenvalue weighted by Gasteiger charge is 2.15. The first-order valence-corrected chi connectivity index (χ1v) is 11.3. The molecule has 168 valence electrons. The topological polar surface area (TPSA) is 97.6 Å². The molecule has 0 atom stereocenters. The third kappa shape index (κ3) is 4.64. The number of nitrogens with zero attached hydrogens (tertiary/aromatic N) is 3. The molecule has 0 radical (unpaired) electrons. The molecule has 2 amide bonds. The van der Waals surface area contributed by atoms with E-state index in [2.05, 4.69) is 20.7 Å². The monoisotopic (exact) mass is 469 g/mol. The molecule has 0 unspecified atom stereocenters. The number of nitrogens with one attached hydrogen (secondary N) is 2. The highest BCUT2D eigenvalue weighted by Crippen LogP contribution is 2.27. The third-order valence-electron chi connectivity index (χ3n) is 4.88. The molecule has 34 heavy (non-hydrogen) atoms. The van der Waals surface area contributed by atoms with Crippen molar-refractivity contribution in [1.82, 2.24) is 14.6 Å². The van der Waals surface area contributed by atoms with Gasteiger partial charge < -0.3 is 10.1 Å². The summed E-state index contributed by atoms with van der Waals surface area (Å²) >= 11 is 1.42. The van der Waals surface area contributed by atoms with Crippen molar-refractivity contribution in [3.05, 3.63) is 89.8 Å². The van der Waals surface area contributed by atoms with Gasteiger partial charge in [-0.15, -0.1) is 16.4 Å². The lowest BCUT2D eigenvalue weighted by Gasteiger charge is -2.07. The number of anilines is 2. The number of amides is 2. The van der Waals surface area contributed by atoms with E-state index in [9.17, 15) is 9.59 Å². The number of hydrogen-bond donors (Lipinski definition) is 2. The summed E-state index contributed by atoms with van der Waals surface area (Å²) < 4.78 is 7.50. The van der Waals surface area contributed by atoms with E-state index in [0.717, 1.165) is 11.3 Å². The average molecular weight is 470 g/mol. The Kier molecular flexibility index (Phi) is 5.75. The first-order valence-electron chi connectivity index (χ1n) is 10.4. The van der Waals surface area contributed by atoms with E-state index in [4.69, 9.17) is 4.74 Å². The molecule has 2 aromatic heterocycles. The lowest BCUT2D eigenvalue weighted by atomic mass is 10.1. The first kappa shape index (κ1) is 21.4. The molecular weight excluding hydrogens is 450 g/mol. The van der Waals surface area contributed by atoms with Crippen LogP contribution in [0.3, 0.4) is 0 Å². The second kappa shape index (κ2) is 9.16. The van der Waals surface area contributed by atoms with Crippen LogP contribution in [-0.4, -0.2) is 26.4 Å². The molecule has 0 fully saturated rings. The summed E-state index contributed by atoms with van der Waals surface area (Å²) in [7, 11) is 0. The molecule has 5 aromatic rings. The van der Waals surface area contributed by atoms with Gasteiger partial charge in [-0.2, -0.15) is 4.98 Å². The summed E-state index contributed by atoms with van der Waals surface area (Å²) in [5, 5.41) is 11.9. The second-order valence-corrected chi connectivity index (χ2v) is 8.24. The molecule has 8 nitrogen and oxygen atoms in total. The van der Waals surface area contributed by atoms with Gasteiger partial charge in [0.25, 0.3) is 11.9 Å². The molecule has 0 aliphatic carbocycles. The van der Waals surface area contributed by atoms with E-state index in [1.807, 2.05) is 60.0 Å². The molecule has 2 heterocycles. The van der Waals surface area contributed by atoms with Crippen LogP contribution in [0.25, 0.3) is 16.2 Å². The number of thiazole rings is 1. The SMILES string of the molecule is CC(=O)Nc1ccc(-c2csc3nc(NC(=O)c4cccc(Oc5ccccc5)c4)nn23)cc1. The van der Waals surface area contributed by atoms with Crippen LogP contribution in [0.4, 0.5) is 11.6 Å². The smallest absolute Gasteiger partial charge is 0.258 e. The van der Waals surface area contributed by atoms with Crippen LogP contribution in [0.5, 0.6) is 11.5 Å². The van der Waals surface area contributed by atoms with Gasteiger partial charge in [0.15, 0.2) is 0 Å². The maximum absolute atomic E-state index is 12.8. The largest absolute Gasteiger partial charge is 0.457 e. The molecule has 0 spiro atoms. The Hall–Kier alpha value is -4.50. The van der Waals surface area contributed by atoms with Crippen LogP contribution in [-0.2, 0) is 4.79 Å². The number of carbonyl (C=O) groups excluding carboxylic acids is 2. The van der Waals surface area contributed by atoms with Crippen LogP contribution in [0, 0.1) is 0 Å². The molecule has 0 aliphatic heterocycles. The normalized spacial score (nSPS) is 10.7. The fourth-order valence-electron chi connectivity index (χ4n) is 3.36. The third-order valence-corrected chi connectivity index (χ3v) is 5.70. The summed E-state index contributed by atoms with van der Waals surface area (Å²) in [6.07, 6.45) is 0. The highest BCUT2D eigenvalue weighted by molar-refractivity contribution is 7.15. The van der Waals surface area contributed by atoms with Gasteiger partial charge in [0.1, 0.15) is 11.5 Å². The van der Waals surface area contributed by atoms with Gasteiger partial charge in [0, 0.05) is 29.1 Å². The van der Waals surface area contributed by atoms with Crippen molar-refractivity contribution in [2.45, 2.75) is 6.92 Å². The van der Waals surface area contributed by atoms with E-state index in [-0.39, 0.29) is 17.8 Å². The first-order chi connectivity index (χ1) is 16.5. The van der Waals surface area contributed by atoms with Crippen molar-refractivity contribution in [3.8, 4) is 22.8 Å². The quantitative estimate of drug-likeness (QED) is 0.344. The van der Waals surface area contributed by atoms with Gasteiger partial charge in [-0.1, -0.05) is 36.4 Å². The molecule has 5 rings (SSSR count). The number of benzene rings is 3. The molecule has 0 aliphatic rings. The number of rotatable bonds is 6. The number of fused-ring (bicyclic) bond motifs is 1. The minimum atomic E-state index is -0.335. The lowest BCUT2D eigenvalue weighted by Crippen LogP contribution is -2.13. The van der Waals surface area contributed by atoms with Crippen LogP contribution in [0.1, 0.15) is 17.3 Å². The summed E-state index contributed by atoms with van der Waals surface area (Å²) in [5.41, 5.74) is 2.89. The van der Waals surface area contributed by atoms with Crippen molar-refractivity contribution in [2.75, 3.05) is 10.6 Å². The maximum atomic E-state index is 12.8. The Bertz CT molecular complexity index is 1480. The number of carbonyl (C=O) groups is 2. The minimum Gasteiger partial charge on any atom is -0.457 e. The second-order valence-electron chi connectivity index (χ2n) is 7.41. The summed E-state index contributed by atoms with van der Waals surface area (Å²) in [6.45, 7) is 1.47. The van der Waals surface area contributed by atoms with E-state index in [1.54, 1.807) is 28.8 Å². The zero-order valence-corrected chi connectivity index (χ0v) is 18.9. The zero-order valence-electron chi connectivity index (χ0n) is 18.1. The van der Waals surface area contributed by atoms with Gasteiger partial charge in [-0.05, 0) is 42.5 Å². The maximum Gasteiger partial charge on any atom is 0.258 e. The molecule has 9 heteroatoms. The van der Waals surface area contributed by atoms with Crippen molar-refractivity contribution in [1.29, 1.82) is 0 Å². The van der Waals surface area contributed by atoms with Gasteiger partial charge in [-0.25, -0.2) is 4.52 Å². The molecule has 0 saturated carbocycles. The summed E-state index contributed by atoms with van der Waals surface area (Å²) in [5.74, 6) is 0.996. The van der Waals surface area contributed by atoms with Gasteiger partial charge in [0.2, 0.25) is 10.9 Å². The Morgan fingerprint density at radius 3 is 2.44 bits per heavy atom. The minimum absolute atomic E-state index is 0.125. The predicted octanol–water partition coefficient (Wildman–Crippen LogP) is 5.46. The highest BCUT2D eigenvalue weighted by atomic mass is 32.1. The predicted molar refractivity (Wildman–Crippen MR) is 132 cm³/mol. The Morgan fingerprint density at radius 1 is 0.912 bits per heavy atom. The fourth-order valence-corrected chi connectivity index (χ4v) is 4.19. The molecule has 2 N–H and O–H groups in total. The summed E-state index contributed by atoms with van der Waals surface area (Å²) in [6, 6.07) is 23.7. The standard InChI is InChI=1S/C25H19N5O3S/c1-16(31)26-19-12-10-17(11-13-19)22-15-34-25-28-24(29-30(22)25)27-23(32)18-6-5-9-21(14-18)33-20-7-3-2-4-8-20/h2-15H,1H3,(H,26,31)(H,27,29,32). The van der Waals surface area contributed by atoms with Gasteiger partial charge in [-0.3, -0.25) is 14.9 Å². The molecular formula is C25H19N5O3S. The molecule has 0 saturated heterocycles. The fraction of sp³-hybridized carbons (Fsp3) is 0.0400. The van der Waals surface area contributed by atoms with E-state index in [0.29, 0.717) is 27.7 Å². The van der Waals surface area contributed by atoms with Crippen LogP contribution < -0.4 is 15.4 Å². The number of hydrogen-bond acceptors (Lipinski definition) is 6. The van der Waals surface area contributed by atoms with Crippen molar-refractivity contribution in [3.63, 3.8) is 0 Å². The number of aromatic nitrogens is 3. The van der Waals surface area contributed by atoms with Gasteiger partial charge >= 0.3 is 0 Å². The van der Waals surface area contributed by atoms with Gasteiger partial charge in [0.05, 0.1) is 5.69 Å². The zero-order chi connectivity index (χ0) is 23.5. The van der Waals surface area contributed by atoms with Crippen LogP contribution in [0.2, 0.25) is 0 Å². The van der Waals surface area contributed by atoms with E-state index >= 15 is 0 Å². The molecule has 0 bridgehead atoms. The van der Waals surface area contributed by atoms with E-state index < -0.39 is 0 Å². The van der Waals surface area contributed by atoms with Crippen molar-refractivity contribution < 1.29 is 14.3 Å². The Morgan fingerprint density at radius 2 is 1.68 bits per heavy atom. The van der Waals surface area contributed by atoms with Crippen molar-refractivity contribution >= 4 is 39.7 Å². The lowest BCUT2D eigenvalue weighted by molar-refractivity contribution is -0.114. The number of ether oxygens (including phenoxy) is 1. The van der Waals surface area contributed by atoms with Crippen molar-refractivity contribution in [2.24, 2.45) is 0 Å². The molecule has 3 aromatic carbocycles. The van der Waals surface area contributed by atoms with Crippen LogP contribution >= 0.6 is 11.3 Å². The Balaban J connectivity index is 1.33.